The van der Waals surface area contributed by atoms with Crippen molar-refractivity contribution in [2.24, 2.45) is 5.92 Å². The maximum Gasteiger partial charge on any atom is 0.228 e. The standard InChI is InChI=1S/C17H23N5O3/c1-25-14-4-5-18-17(19-14)21-8-6-20(7-9-21)16(24)12-10-15(23)22(11-12)13-2-3-13/h4-5,12-13H,2-3,6-11H2,1H3/t12-/m1/s1. The van der Waals surface area contributed by atoms with Crippen molar-refractivity contribution in [2.45, 2.75) is 25.3 Å². The molecule has 0 radical (unpaired) electrons. The second-order valence-electron chi connectivity index (χ2n) is 6.89. The summed E-state index contributed by atoms with van der Waals surface area (Å²) in [6.07, 6.45) is 4.22. The fourth-order valence-electron chi connectivity index (χ4n) is 3.62. The van der Waals surface area contributed by atoms with Crippen molar-refractivity contribution in [3.8, 4) is 5.88 Å². The van der Waals surface area contributed by atoms with E-state index in [1.54, 1.807) is 19.4 Å². The third kappa shape index (κ3) is 3.25. The highest BCUT2D eigenvalue weighted by atomic mass is 16.5. The molecule has 134 valence electrons. The Kier molecular flexibility index (Phi) is 4.19. The van der Waals surface area contributed by atoms with Gasteiger partial charge in [0.15, 0.2) is 0 Å². The smallest absolute Gasteiger partial charge is 0.228 e. The van der Waals surface area contributed by atoms with E-state index in [1.807, 2.05) is 9.80 Å². The third-order valence-electron chi connectivity index (χ3n) is 5.20. The zero-order valence-electron chi connectivity index (χ0n) is 14.4. The molecule has 2 saturated heterocycles. The first-order chi connectivity index (χ1) is 12.2. The van der Waals surface area contributed by atoms with Crippen LogP contribution < -0.4 is 9.64 Å². The molecule has 8 nitrogen and oxygen atoms in total. The molecule has 4 rings (SSSR count). The first kappa shape index (κ1) is 16.1. The van der Waals surface area contributed by atoms with Crippen LogP contribution in [0.15, 0.2) is 12.3 Å². The highest BCUT2D eigenvalue weighted by Crippen LogP contribution is 2.33. The number of hydrogen-bond donors (Lipinski definition) is 0. The average Bonchev–Trinajstić information content (AvgIpc) is 3.43. The van der Waals surface area contributed by atoms with Crippen LogP contribution in [0, 0.1) is 5.92 Å². The molecule has 0 bridgehead atoms. The predicted molar refractivity (Wildman–Crippen MR) is 90.2 cm³/mol. The largest absolute Gasteiger partial charge is 0.481 e. The second kappa shape index (κ2) is 6.50. The van der Waals surface area contributed by atoms with Gasteiger partial charge in [0.25, 0.3) is 0 Å². The molecule has 2 amide bonds. The van der Waals surface area contributed by atoms with Gasteiger partial charge >= 0.3 is 0 Å². The lowest BCUT2D eigenvalue weighted by Crippen LogP contribution is -2.51. The van der Waals surface area contributed by atoms with Gasteiger partial charge < -0.3 is 19.4 Å². The average molecular weight is 345 g/mol. The Morgan fingerprint density at radius 1 is 1.24 bits per heavy atom. The molecular formula is C17H23N5O3. The molecule has 3 aliphatic rings. The molecule has 0 aromatic carbocycles. The molecule has 1 aromatic heterocycles. The molecule has 8 heteroatoms. The normalized spacial score (nSPS) is 24.0. The van der Waals surface area contributed by atoms with E-state index < -0.39 is 0 Å². The quantitative estimate of drug-likeness (QED) is 0.773. The van der Waals surface area contributed by atoms with Crippen molar-refractivity contribution in [1.82, 2.24) is 19.8 Å². The molecule has 1 aliphatic carbocycles. The van der Waals surface area contributed by atoms with Gasteiger partial charge in [0.1, 0.15) is 0 Å². The summed E-state index contributed by atoms with van der Waals surface area (Å²) >= 11 is 0. The third-order valence-corrected chi connectivity index (χ3v) is 5.20. The van der Waals surface area contributed by atoms with Crippen molar-refractivity contribution in [3.63, 3.8) is 0 Å². The number of amides is 2. The van der Waals surface area contributed by atoms with Crippen molar-refractivity contribution < 1.29 is 14.3 Å². The summed E-state index contributed by atoms with van der Waals surface area (Å²) in [4.78, 5) is 39.3. The van der Waals surface area contributed by atoms with Gasteiger partial charge in [0, 0.05) is 57.4 Å². The number of likely N-dealkylation sites (tertiary alicyclic amines) is 1. The van der Waals surface area contributed by atoms with Crippen LogP contribution in [0.2, 0.25) is 0 Å². The Bertz CT molecular complexity index is 670. The van der Waals surface area contributed by atoms with Crippen LogP contribution in [0.25, 0.3) is 0 Å². The fourth-order valence-corrected chi connectivity index (χ4v) is 3.62. The molecule has 3 heterocycles. The summed E-state index contributed by atoms with van der Waals surface area (Å²) in [5.74, 6) is 1.25. The van der Waals surface area contributed by atoms with Gasteiger partial charge in [0.2, 0.25) is 23.6 Å². The maximum atomic E-state index is 12.8. The van der Waals surface area contributed by atoms with Gasteiger partial charge in [-0.1, -0.05) is 0 Å². The topological polar surface area (TPSA) is 78.9 Å². The van der Waals surface area contributed by atoms with E-state index in [2.05, 4.69) is 14.9 Å². The fraction of sp³-hybridized carbons (Fsp3) is 0.647. The monoisotopic (exact) mass is 345 g/mol. The minimum absolute atomic E-state index is 0.114. The number of ether oxygens (including phenoxy) is 1. The van der Waals surface area contributed by atoms with E-state index in [0.717, 1.165) is 12.8 Å². The molecule has 0 spiro atoms. The zero-order valence-corrected chi connectivity index (χ0v) is 14.4. The van der Waals surface area contributed by atoms with Crippen LogP contribution in [0.5, 0.6) is 5.88 Å². The van der Waals surface area contributed by atoms with Gasteiger partial charge in [-0.3, -0.25) is 9.59 Å². The number of rotatable bonds is 4. The first-order valence-electron chi connectivity index (χ1n) is 8.86. The van der Waals surface area contributed by atoms with Gasteiger partial charge in [-0.25, -0.2) is 4.98 Å². The molecule has 1 aromatic rings. The molecular weight excluding hydrogens is 322 g/mol. The van der Waals surface area contributed by atoms with Crippen LogP contribution in [-0.2, 0) is 9.59 Å². The van der Waals surface area contributed by atoms with Crippen LogP contribution in [-0.4, -0.2) is 77.5 Å². The van der Waals surface area contributed by atoms with Crippen molar-refractivity contribution in [1.29, 1.82) is 0 Å². The van der Waals surface area contributed by atoms with E-state index in [4.69, 9.17) is 4.74 Å². The van der Waals surface area contributed by atoms with Gasteiger partial charge in [0.05, 0.1) is 13.0 Å². The van der Waals surface area contributed by atoms with E-state index in [-0.39, 0.29) is 17.7 Å². The maximum absolute atomic E-state index is 12.8. The number of nitrogens with zero attached hydrogens (tertiary/aromatic N) is 5. The lowest BCUT2D eigenvalue weighted by Gasteiger charge is -2.35. The highest BCUT2D eigenvalue weighted by Gasteiger charge is 2.43. The van der Waals surface area contributed by atoms with E-state index in [9.17, 15) is 9.59 Å². The molecule has 1 saturated carbocycles. The molecule has 2 aliphatic heterocycles. The predicted octanol–water partition coefficient (Wildman–Crippen LogP) is 0.145. The highest BCUT2D eigenvalue weighted by molar-refractivity contribution is 5.89. The van der Waals surface area contributed by atoms with Crippen molar-refractivity contribution in [3.05, 3.63) is 12.3 Å². The van der Waals surface area contributed by atoms with Crippen LogP contribution >= 0.6 is 0 Å². The summed E-state index contributed by atoms with van der Waals surface area (Å²) in [5.41, 5.74) is 0. The molecule has 25 heavy (non-hydrogen) atoms. The minimum atomic E-state index is -0.173. The van der Waals surface area contributed by atoms with Crippen LogP contribution in [0.3, 0.4) is 0 Å². The molecule has 0 unspecified atom stereocenters. The molecule has 1 atom stereocenters. The summed E-state index contributed by atoms with van der Waals surface area (Å²) < 4.78 is 5.14. The van der Waals surface area contributed by atoms with Crippen molar-refractivity contribution in [2.75, 3.05) is 44.7 Å². The SMILES string of the molecule is COc1ccnc(N2CCN(C(=O)[C@@H]3CC(=O)N(C4CC4)C3)CC2)n1. The number of carbonyl (C=O) groups excluding carboxylic acids is 2. The molecule has 0 N–H and O–H groups in total. The van der Waals surface area contributed by atoms with Gasteiger partial charge in [-0.2, -0.15) is 4.98 Å². The summed E-state index contributed by atoms with van der Waals surface area (Å²) in [7, 11) is 1.58. The van der Waals surface area contributed by atoms with Crippen LogP contribution in [0.4, 0.5) is 5.95 Å². The lowest BCUT2D eigenvalue weighted by molar-refractivity contribution is -0.136. The number of aromatic nitrogens is 2. The Morgan fingerprint density at radius 3 is 2.68 bits per heavy atom. The zero-order chi connectivity index (χ0) is 17.4. The second-order valence-corrected chi connectivity index (χ2v) is 6.89. The lowest BCUT2D eigenvalue weighted by atomic mass is 10.1. The Balaban J connectivity index is 1.33. The Morgan fingerprint density at radius 2 is 2.00 bits per heavy atom. The summed E-state index contributed by atoms with van der Waals surface area (Å²) in [6.45, 7) is 3.24. The minimum Gasteiger partial charge on any atom is -0.481 e. The summed E-state index contributed by atoms with van der Waals surface area (Å²) in [5, 5.41) is 0. The first-order valence-corrected chi connectivity index (χ1v) is 8.86. The Hall–Kier alpha value is -2.38. The van der Waals surface area contributed by atoms with E-state index >= 15 is 0 Å². The van der Waals surface area contributed by atoms with Crippen LogP contribution in [0.1, 0.15) is 19.3 Å². The number of anilines is 1. The van der Waals surface area contributed by atoms with Gasteiger partial charge in [-0.05, 0) is 12.8 Å². The summed E-state index contributed by atoms with van der Waals surface area (Å²) in [6, 6.07) is 2.11. The van der Waals surface area contributed by atoms with Gasteiger partial charge in [-0.15, -0.1) is 0 Å². The van der Waals surface area contributed by atoms with E-state index in [1.165, 1.54) is 0 Å². The number of hydrogen-bond acceptors (Lipinski definition) is 6. The number of carbonyl (C=O) groups is 2. The van der Waals surface area contributed by atoms with Crippen molar-refractivity contribution >= 4 is 17.8 Å². The number of piperazine rings is 1. The number of methoxy groups -OCH3 is 1. The Labute approximate surface area is 146 Å². The van der Waals surface area contributed by atoms with E-state index in [0.29, 0.717) is 57.0 Å². The molecule has 3 fully saturated rings.